The molecule has 0 radical (unpaired) electrons. The number of nitrogens with one attached hydrogen (secondary N) is 1. The highest BCUT2D eigenvalue weighted by atomic mass is 79.9. The van der Waals surface area contributed by atoms with E-state index in [1.54, 1.807) is 30.3 Å². The van der Waals surface area contributed by atoms with Gasteiger partial charge in [-0.25, -0.2) is 9.69 Å². The van der Waals surface area contributed by atoms with Crippen molar-refractivity contribution in [3.05, 3.63) is 69.2 Å². The Morgan fingerprint density at radius 1 is 1.15 bits per heavy atom. The fourth-order valence-corrected chi connectivity index (χ4v) is 5.71. The zero-order chi connectivity index (χ0) is 24.1. The lowest BCUT2D eigenvalue weighted by Crippen LogP contribution is -2.33. The number of carbonyl (C=O) groups is 4. The Bertz CT molecular complexity index is 1280. The fourth-order valence-electron chi connectivity index (χ4n) is 5.29. The van der Waals surface area contributed by atoms with Crippen molar-refractivity contribution in [2.24, 2.45) is 23.7 Å². The van der Waals surface area contributed by atoms with Gasteiger partial charge in [0.1, 0.15) is 0 Å². The van der Waals surface area contributed by atoms with E-state index in [2.05, 4.69) is 27.3 Å². The minimum absolute atomic E-state index is 0.101. The molecule has 1 saturated carbocycles. The summed E-state index contributed by atoms with van der Waals surface area (Å²) in [4.78, 5) is 52.2. The largest absolute Gasteiger partial charge is 0.452 e. The Balaban J connectivity index is 1.25. The molecular formula is C25H20BrClN2O5. The van der Waals surface area contributed by atoms with Crippen LogP contribution >= 0.6 is 27.5 Å². The van der Waals surface area contributed by atoms with Crippen LogP contribution in [0.4, 0.5) is 11.4 Å². The van der Waals surface area contributed by atoms with Crippen LogP contribution in [0.15, 0.2) is 58.6 Å². The maximum Gasteiger partial charge on any atom is 0.338 e. The van der Waals surface area contributed by atoms with Crippen molar-refractivity contribution in [3.8, 4) is 0 Å². The molecule has 5 rings (SSSR count). The van der Waals surface area contributed by atoms with Crippen molar-refractivity contribution in [1.82, 2.24) is 0 Å². The highest BCUT2D eigenvalue weighted by molar-refractivity contribution is 9.10. The number of carbonyl (C=O) groups excluding carboxylic acids is 4. The number of fused-ring (bicyclic) bond motifs is 5. The zero-order valence-electron chi connectivity index (χ0n) is 18.1. The molecule has 2 aliphatic carbocycles. The summed E-state index contributed by atoms with van der Waals surface area (Å²) in [6.07, 6.45) is 2.97. The zero-order valence-corrected chi connectivity index (χ0v) is 20.4. The number of halogens is 2. The van der Waals surface area contributed by atoms with E-state index in [0.29, 0.717) is 20.9 Å². The van der Waals surface area contributed by atoms with E-state index in [4.69, 9.17) is 16.3 Å². The van der Waals surface area contributed by atoms with E-state index in [0.717, 1.165) is 6.42 Å². The third kappa shape index (κ3) is 3.84. The topological polar surface area (TPSA) is 92.8 Å². The number of hydrogen-bond acceptors (Lipinski definition) is 5. The SMILES string of the molecule is CC1=C[C@H]2C[C@H]1[C@H]1C(=O)N(c3cccc(C(=O)OCC(=O)Nc4ccc(Br)c(Cl)c4)c3)C(=O)[C@@H]12. The second-order valence-corrected chi connectivity index (χ2v) is 10.0. The Hall–Kier alpha value is -2.97. The number of nitrogens with zero attached hydrogens (tertiary/aromatic N) is 1. The number of amides is 3. The molecule has 7 nitrogen and oxygen atoms in total. The molecule has 2 aromatic carbocycles. The quantitative estimate of drug-likeness (QED) is 0.338. The van der Waals surface area contributed by atoms with Gasteiger partial charge in [-0.3, -0.25) is 14.4 Å². The van der Waals surface area contributed by atoms with Gasteiger partial charge in [0.2, 0.25) is 11.8 Å². The van der Waals surface area contributed by atoms with Crippen molar-refractivity contribution in [1.29, 1.82) is 0 Å². The van der Waals surface area contributed by atoms with Gasteiger partial charge in [-0.1, -0.05) is 29.3 Å². The molecule has 3 aliphatic rings. The molecule has 174 valence electrons. The van der Waals surface area contributed by atoms with Gasteiger partial charge >= 0.3 is 5.97 Å². The van der Waals surface area contributed by atoms with Crippen LogP contribution in [0, 0.1) is 23.7 Å². The number of hydrogen-bond donors (Lipinski definition) is 1. The molecule has 1 aliphatic heterocycles. The number of esters is 1. The van der Waals surface area contributed by atoms with Crippen LogP contribution in [0.25, 0.3) is 0 Å². The van der Waals surface area contributed by atoms with Gasteiger partial charge in [-0.15, -0.1) is 0 Å². The van der Waals surface area contributed by atoms with E-state index in [1.807, 2.05) is 6.92 Å². The first-order chi connectivity index (χ1) is 16.2. The summed E-state index contributed by atoms with van der Waals surface area (Å²) in [5.41, 5.74) is 2.12. The van der Waals surface area contributed by atoms with Gasteiger partial charge in [-0.2, -0.15) is 0 Å². The van der Waals surface area contributed by atoms with E-state index in [1.165, 1.54) is 22.6 Å². The molecule has 0 spiro atoms. The third-order valence-electron chi connectivity index (χ3n) is 6.76. The van der Waals surface area contributed by atoms with Gasteiger partial charge < -0.3 is 10.1 Å². The molecule has 2 fully saturated rings. The van der Waals surface area contributed by atoms with Crippen LogP contribution in [0.3, 0.4) is 0 Å². The van der Waals surface area contributed by atoms with Gasteiger partial charge in [0.05, 0.1) is 28.1 Å². The molecule has 2 bridgehead atoms. The van der Waals surface area contributed by atoms with E-state index >= 15 is 0 Å². The lowest BCUT2D eigenvalue weighted by Gasteiger charge is -2.19. The molecule has 0 aromatic heterocycles. The fraction of sp³-hybridized carbons (Fsp3) is 0.280. The van der Waals surface area contributed by atoms with E-state index in [9.17, 15) is 19.2 Å². The first kappa shape index (κ1) is 22.8. The molecular weight excluding hydrogens is 524 g/mol. The molecule has 4 atom stereocenters. The Labute approximate surface area is 209 Å². The van der Waals surface area contributed by atoms with Crippen LogP contribution in [-0.2, 0) is 19.1 Å². The van der Waals surface area contributed by atoms with Crippen molar-refractivity contribution in [2.75, 3.05) is 16.8 Å². The van der Waals surface area contributed by atoms with Crippen LogP contribution in [0.5, 0.6) is 0 Å². The summed E-state index contributed by atoms with van der Waals surface area (Å²) in [7, 11) is 0. The van der Waals surface area contributed by atoms with Gasteiger partial charge in [0.25, 0.3) is 5.91 Å². The van der Waals surface area contributed by atoms with Crippen LogP contribution in [0.1, 0.15) is 23.7 Å². The highest BCUT2D eigenvalue weighted by Gasteiger charge is 2.60. The minimum Gasteiger partial charge on any atom is -0.452 e. The number of benzene rings is 2. The summed E-state index contributed by atoms with van der Waals surface area (Å²) in [6, 6.07) is 11.1. The summed E-state index contributed by atoms with van der Waals surface area (Å²) in [6.45, 7) is 1.51. The lowest BCUT2D eigenvalue weighted by molar-refractivity contribution is -0.123. The number of anilines is 2. The van der Waals surface area contributed by atoms with E-state index < -0.39 is 18.5 Å². The van der Waals surface area contributed by atoms with Crippen LogP contribution < -0.4 is 10.2 Å². The average molecular weight is 544 g/mol. The molecule has 1 N–H and O–H groups in total. The summed E-state index contributed by atoms with van der Waals surface area (Å²) in [5, 5.41) is 3.03. The van der Waals surface area contributed by atoms with Crippen molar-refractivity contribution >= 4 is 62.6 Å². The third-order valence-corrected chi connectivity index (χ3v) is 7.99. The van der Waals surface area contributed by atoms with Gasteiger partial charge in [0, 0.05) is 10.2 Å². The monoisotopic (exact) mass is 542 g/mol. The van der Waals surface area contributed by atoms with Gasteiger partial charge in [0.15, 0.2) is 6.61 Å². The van der Waals surface area contributed by atoms with Crippen molar-refractivity contribution in [3.63, 3.8) is 0 Å². The predicted molar refractivity (Wildman–Crippen MR) is 129 cm³/mol. The smallest absolute Gasteiger partial charge is 0.338 e. The lowest BCUT2D eigenvalue weighted by atomic mass is 9.82. The number of imide groups is 1. The maximum absolute atomic E-state index is 13.1. The molecule has 3 amide bonds. The Kier molecular flexibility index (Phi) is 5.81. The Morgan fingerprint density at radius 3 is 2.68 bits per heavy atom. The summed E-state index contributed by atoms with van der Waals surface area (Å²) >= 11 is 9.29. The first-order valence-electron chi connectivity index (χ1n) is 10.8. The second-order valence-electron chi connectivity index (χ2n) is 8.78. The van der Waals surface area contributed by atoms with Crippen molar-refractivity contribution in [2.45, 2.75) is 13.3 Å². The molecule has 1 saturated heterocycles. The molecule has 2 aromatic rings. The van der Waals surface area contributed by atoms with Gasteiger partial charge in [-0.05, 0) is 77.5 Å². The average Bonchev–Trinajstić information content (AvgIpc) is 3.45. The molecule has 0 unspecified atom stereocenters. The summed E-state index contributed by atoms with van der Waals surface area (Å²) in [5.74, 6) is -2.13. The molecule has 9 heteroatoms. The van der Waals surface area contributed by atoms with Crippen LogP contribution in [-0.4, -0.2) is 30.3 Å². The maximum atomic E-state index is 13.1. The Morgan fingerprint density at radius 2 is 1.91 bits per heavy atom. The first-order valence-corrected chi connectivity index (χ1v) is 12.0. The standard InChI is InChI=1S/C25H20BrClN2O5/c1-12-7-14-9-17(12)22-21(14)23(31)29(24(22)32)16-4-2-3-13(8-16)25(33)34-11-20(30)28-15-5-6-18(26)19(27)10-15/h2-8,10,14,17,21-22H,9,11H2,1H3,(H,28,30)/t14-,17+,21+,22+/m0/s1. The predicted octanol–water partition coefficient (Wildman–Crippen LogP) is 4.60. The highest BCUT2D eigenvalue weighted by Crippen LogP contribution is 2.55. The minimum atomic E-state index is -0.734. The summed E-state index contributed by atoms with van der Waals surface area (Å²) < 4.78 is 5.82. The normalized spacial score (nSPS) is 24.8. The molecule has 1 heterocycles. The number of allylic oxidation sites excluding steroid dienone is 2. The van der Waals surface area contributed by atoms with Crippen molar-refractivity contribution < 1.29 is 23.9 Å². The number of rotatable bonds is 5. The van der Waals surface area contributed by atoms with Crippen LogP contribution in [0.2, 0.25) is 5.02 Å². The molecule has 34 heavy (non-hydrogen) atoms. The van der Waals surface area contributed by atoms with E-state index in [-0.39, 0.29) is 41.0 Å². The number of ether oxygens (including phenoxy) is 1. The second kappa shape index (κ2) is 8.67.